The molecule has 3 fully saturated rings. The Labute approximate surface area is 263 Å². The molecule has 0 bridgehead atoms. The number of esters is 1. The van der Waals surface area contributed by atoms with Crippen LogP contribution in [0, 0.1) is 17.8 Å². The average molecular weight is 627 g/mol. The highest BCUT2D eigenvalue weighted by Crippen LogP contribution is 2.37. The predicted octanol–water partition coefficient (Wildman–Crippen LogP) is 1.19. The van der Waals surface area contributed by atoms with Crippen LogP contribution in [0.1, 0.15) is 67.7 Å². The van der Waals surface area contributed by atoms with Crippen molar-refractivity contribution in [1.29, 1.82) is 0 Å². The number of rotatable bonds is 7. The molecule has 1 amide bonds. The largest absolute Gasteiger partial charge is 0.455 e. The van der Waals surface area contributed by atoms with Crippen molar-refractivity contribution in [2.24, 2.45) is 17.8 Å². The maximum absolute atomic E-state index is 14.0. The predicted molar refractivity (Wildman–Crippen MR) is 166 cm³/mol. The number of Topliss-reactive ketones (excluding diaryl/α,β-unsaturated/α-hetero) is 1. The van der Waals surface area contributed by atoms with E-state index in [1.165, 1.54) is 0 Å². The minimum atomic E-state index is -1.08. The normalized spacial score (nSPS) is 39.7. The van der Waals surface area contributed by atoms with Crippen molar-refractivity contribution in [3.05, 3.63) is 0 Å². The molecule has 44 heavy (non-hydrogen) atoms. The number of ketones is 1. The Morgan fingerprint density at radius 3 is 2.52 bits per heavy atom. The SMILES string of the molecule is CO[C@]1(C)C[C@@H](C)CNCC2(CCN(C(=O)CNC(C)C)C2)OC(=O)C(C)C(=O)[C@H](C)[C@H]1O[C@@H]1O[C@H](C)C[C@H](N(C)C)[C@H]1O. The van der Waals surface area contributed by atoms with E-state index in [2.05, 4.69) is 17.6 Å². The van der Waals surface area contributed by atoms with Gasteiger partial charge in [0.05, 0.1) is 30.9 Å². The van der Waals surface area contributed by atoms with E-state index in [9.17, 15) is 19.5 Å². The minimum absolute atomic E-state index is 0.0468. The molecule has 3 aliphatic rings. The first-order valence-corrected chi connectivity index (χ1v) is 16.2. The summed E-state index contributed by atoms with van der Waals surface area (Å²) in [7, 11) is 5.41. The summed E-state index contributed by atoms with van der Waals surface area (Å²) in [5, 5.41) is 17.9. The molecule has 1 spiro atoms. The van der Waals surface area contributed by atoms with E-state index in [0.29, 0.717) is 38.9 Å². The van der Waals surface area contributed by atoms with Gasteiger partial charge in [-0.1, -0.05) is 27.7 Å². The molecule has 3 aliphatic heterocycles. The maximum Gasteiger partial charge on any atom is 0.316 e. The van der Waals surface area contributed by atoms with Crippen LogP contribution in [0.4, 0.5) is 0 Å². The van der Waals surface area contributed by atoms with Crippen molar-refractivity contribution < 1.29 is 38.4 Å². The third-order valence-corrected chi connectivity index (χ3v) is 9.65. The molecule has 0 aromatic heterocycles. The lowest BCUT2D eigenvalue weighted by Gasteiger charge is -2.46. The summed E-state index contributed by atoms with van der Waals surface area (Å²) in [6.07, 6.45) is -1.27. The monoisotopic (exact) mass is 626 g/mol. The summed E-state index contributed by atoms with van der Waals surface area (Å²) in [6.45, 7) is 15.1. The lowest BCUT2D eigenvalue weighted by atomic mass is 9.78. The number of methoxy groups -OCH3 is 1. The van der Waals surface area contributed by atoms with Gasteiger partial charge in [-0.2, -0.15) is 0 Å². The molecule has 2 unspecified atom stereocenters. The molecule has 12 nitrogen and oxygen atoms in total. The molecule has 0 aromatic carbocycles. The van der Waals surface area contributed by atoms with Crippen LogP contribution in [-0.2, 0) is 33.3 Å². The van der Waals surface area contributed by atoms with Crippen molar-refractivity contribution >= 4 is 17.7 Å². The Morgan fingerprint density at radius 2 is 1.91 bits per heavy atom. The molecule has 0 aromatic rings. The number of amides is 1. The fourth-order valence-electron chi connectivity index (χ4n) is 6.90. The van der Waals surface area contributed by atoms with Crippen molar-refractivity contribution in [2.75, 3.05) is 53.9 Å². The van der Waals surface area contributed by atoms with Crippen LogP contribution in [0.2, 0.25) is 0 Å². The van der Waals surface area contributed by atoms with E-state index in [0.717, 1.165) is 0 Å². The van der Waals surface area contributed by atoms with Gasteiger partial charge in [-0.05, 0) is 60.2 Å². The Hall–Kier alpha value is -1.67. The number of nitrogens with one attached hydrogen (secondary N) is 2. The summed E-state index contributed by atoms with van der Waals surface area (Å²) < 4.78 is 24.9. The van der Waals surface area contributed by atoms with Gasteiger partial charge in [-0.15, -0.1) is 0 Å². The first-order chi connectivity index (χ1) is 20.5. The lowest BCUT2D eigenvalue weighted by molar-refractivity contribution is -0.295. The second kappa shape index (κ2) is 15.3. The van der Waals surface area contributed by atoms with E-state index in [1.807, 2.05) is 46.7 Å². The van der Waals surface area contributed by atoms with Crippen LogP contribution < -0.4 is 10.6 Å². The number of aliphatic hydroxyl groups excluding tert-OH is 1. The highest BCUT2D eigenvalue weighted by Gasteiger charge is 2.50. The van der Waals surface area contributed by atoms with Gasteiger partial charge in [0.15, 0.2) is 12.1 Å². The van der Waals surface area contributed by atoms with Gasteiger partial charge in [0.2, 0.25) is 5.91 Å². The molecular formula is C32H58N4O8. The quantitative estimate of drug-likeness (QED) is 0.277. The number of likely N-dealkylation sites (tertiary alicyclic amines) is 1. The second-order valence-corrected chi connectivity index (χ2v) is 14.2. The number of nitrogens with zero attached hydrogens (tertiary/aromatic N) is 2. The first kappa shape index (κ1) is 36.8. The minimum Gasteiger partial charge on any atom is -0.455 e. The fraction of sp³-hybridized carbons (Fsp3) is 0.906. The van der Waals surface area contributed by atoms with Crippen LogP contribution in [-0.4, -0.2) is 134 Å². The molecule has 12 heteroatoms. The van der Waals surface area contributed by atoms with E-state index in [1.54, 1.807) is 25.9 Å². The number of hydrogen-bond acceptors (Lipinski definition) is 11. The molecule has 10 atom stereocenters. The number of likely N-dealkylation sites (N-methyl/N-ethyl adjacent to an activating group) is 1. The standard InChI is InChI=1S/C32H58N4O8/c1-19(2)34-16-25(37)36-12-11-32(18-36)17-33-15-20(3)14-31(7,41-10)28(22(5)26(38)23(6)29(40)44-32)43-30-27(39)24(35(8)9)13-21(4)42-30/h19-24,27-28,30,33-34,39H,11-18H2,1-10H3/t20-,21-,22+,23?,24+,27-,28-,30+,31-,32?/m1/s1. The van der Waals surface area contributed by atoms with Gasteiger partial charge in [0.1, 0.15) is 17.6 Å². The average Bonchev–Trinajstić information content (AvgIpc) is 3.37. The molecule has 3 heterocycles. The van der Waals surface area contributed by atoms with Crippen LogP contribution in [0.3, 0.4) is 0 Å². The Morgan fingerprint density at radius 1 is 1.23 bits per heavy atom. The summed E-state index contributed by atoms with van der Waals surface area (Å²) in [4.78, 5) is 44.2. The zero-order valence-electron chi connectivity index (χ0n) is 28.6. The summed E-state index contributed by atoms with van der Waals surface area (Å²) in [5.41, 5.74) is -1.88. The van der Waals surface area contributed by atoms with Gasteiger partial charge in [0.25, 0.3) is 0 Å². The van der Waals surface area contributed by atoms with Crippen molar-refractivity contribution in [3.8, 4) is 0 Å². The van der Waals surface area contributed by atoms with Gasteiger partial charge in [0, 0.05) is 44.6 Å². The molecule has 254 valence electrons. The summed E-state index contributed by atoms with van der Waals surface area (Å²) >= 11 is 0. The molecule has 0 saturated carbocycles. The molecule has 3 N–H and O–H groups in total. The third-order valence-electron chi connectivity index (χ3n) is 9.65. The number of ether oxygens (including phenoxy) is 4. The van der Waals surface area contributed by atoms with E-state index in [-0.39, 0.29) is 48.9 Å². The fourth-order valence-corrected chi connectivity index (χ4v) is 6.90. The van der Waals surface area contributed by atoms with E-state index < -0.39 is 47.5 Å². The molecular weight excluding hydrogens is 568 g/mol. The zero-order valence-corrected chi connectivity index (χ0v) is 28.6. The van der Waals surface area contributed by atoms with Gasteiger partial charge in [-0.3, -0.25) is 14.4 Å². The molecule has 3 saturated heterocycles. The number of carbonyl (C=O) groups is 3. The molecule has 3 rings (SSSR count). The lowest BCUT2D eigenvalue weighted by Crippen LogP contribution is -2.59. The summed E-state index contributed by atoms with van der Waals surface area (Å²) in [6, 6.07) is -0.0162. The van der Waals surface area contributed by atoms with Crippen LogP contribution >= 0.6 is 0 Å². The second-order valence-electron chi connectivity index (χ2n) is 14.2. The smallest absolute Gasteiger partial charge is 0.316 e. The highest BCUT2D eigenvalue weighted by molar-refractivity contribution is 6.00. The number of carbonyl (C=O) groups excluding carboxylic acids is 3. The van der Waals surface area contributed by atoms with Gasteiger partial charge >= 0.3 is 5.97 Å². The first-order valence-electron chi connectivity index (χ1n) is 16.2. The van der Waals surface area contributed by atoms with Crippen LogP contribution in [0.25, 0.3) is 0 Å². The molecule has 0 radical (unpaired) electrons. The third kappa shape index (κ3) is 8.77. The van der Waals surface area contributed by atoms with Crippen molar-refractivity contribution in [1.82, 2.24) is 20.4 Å². The number of hydrogen-bond donors (Lipinski definition) is 3. The van der Waals surface area contributed by atoms with Gasteiger partial charge in [-0.25, -0.2) is 0 Å². The Kier molecular flexibility index (Phi) is 12.8. The van der Waals surface area contributed by atoms with Crippen LogP contribution in [0.15, 0.2) is 0 Å². The highest BCUT2D eigenvalue weighted by atomic mass is 16.7. The summed E-state index contributed by atoms with van der Waals surface area (Å²) in [5.74, 6) is -2.79. The van der Waals surface area contributed by atoms with Crippen molar-refractivity contribution in [2.45, 2.75) is 116 Å². The Balaban J connectivity index is 1.89. The maximum atomic E-state index is 14.0. The molecule has 0 aliphatic carbocycles. The van der Waals surface area contributed by atoms with Crippen LogP contribution in [0.5, 0.6) is 0 Å². The van der Waals surface area contributed by atoms with E-state index in [4.69, 9.17) is 18.9 Å². The van der Waals surface area contributed by atoms with Gasteiger partial charge < -0.3 is 44.5 Å². The topological polar surface area (TPSA) is 139 Å². The zero-order chi connectivity index (χ0) is 33.0. The Bertz CT molecular complexity index is 997. The number of aliphatic hydroxyl groups is 1. The van der Waals surface area contributed by atoms with E-state index >= 15 is 0 Å². The van der Waals surface area contributed by atoms with Crippen molar-refractivity contribution in [3.63, 3.8) is 0 Å².